The zero-order chi connectivity index (χ0) is 18.0. The van der Waals surface area contributed by atoms with E-state index in [2.05, 4.69) is 10.4 Å². The molecule has 6 nitrogen and oxygen atoms in total. The largest absolute Gasteiger partial charge is 0.444 e. The third kappa shape index (κ3) is 4.54. The fraction of sp³-hybridized carbons (Fsp3) is 0.789. The van der Waals surface area contributed by atoms with Gasteiger partial charge in [-0.2, -0.15) is 5.10 Å². The van der Waals surface area contributed by atoms with E-state index in [0.29, 0.717) is 12.0 Å². The highest BCUT2D eigenvalue weighted by Crippen LogP contribution is 2.29. The van der Waals surface area contributed by atoms with E-state index < -0.39 is 5.60 Å². The van der Waals surface area contributed by atoms with Gasteiger partial charge in [0.25, 0.3) is 0 Å². The first-order valence-corrected chi connectivity index (χ1v) is 9.55. The molecule has 1 aliphatic carbocycles. The molecular weight excluding hydrogens is 316 g/mol. The van der Waals surface area contributed by atoms with Gasteiger partial charge in [0, 0.05) is 44.0 Å². The van der Waals surface area contributed by atoms with Crippen LogP contribution >= 0.6 is 0 Å². The number of ether oxygens (including phenoxy) is 1. The lowest BCUT2D eigenvalue weighted by Gasteiger charge is -2.35. The van der Waals surface area contributed by atoms with Gasteiger partial charge >= 0.3 is 6.09 Å². The molecule has 2 heterocycles. The molecule has 2 atom stereocenters. The van der Waals surface area contributed by atoms with Crippen molar-refractivity contribution in [2.24, 2.45) is 13.0 Å². The molecule has 0 unspecified atom stereocenters. The first-order chi connectivity index (χ1) is 11.8. The number of piperidine rings is 1. The maximum Gasteiger partial charge on any atom is 0.410 e. The average molecular weight is 348 g/mol. The molecule has 2 aliphatic rings. The van der Waals surface area contributed by atoms with Crippen molar-refractivity contribution < 1.29 is 9.53 Å². The van der Waals surface area contributed by atoms with E-state index in [0.717, 1.165) is 32.5 Å². The third-order valence-corrected chi connectivity index (χ3v) is 5.20. The Morgan fingerprint density at radius 2 is 2.16 bits per heavy atom. The van der Waals surface area contributed by atoms with E-state index in [4.69, 9.17) is 4.74 Å². The number of likely N-dealkylation sites (tertiary alicyclic amines) is 1. The second kappa shape index (κ2) is 7.36. The quantitative estimate of drug-likeness (QED) is 0.912. The van der Waals surface area contributed by atoms with Crippen LogP contribution in [0.3, 0.4) is 0 Å². The zero-order valence-electron chi connectivity index (χ0n) is 16.0. The Morgan fingerprint density at radius 3 is 2.92 bits per heavy atom. The van der Waals surface area contributed by atoms with Crippen LogP contribution in [0.4, 0.5) is 4.79 Å². The molecule has 1 saturated heterocycles. The van der Waals surface area contributed by atoms with Crippen molar-refractivity contribution in [3.8, 4) is 0 Å². The van der Waals surface area contributed by atoms with E-state index in [1.54, 1.807) is 0 Å². The molecule has 140 valence electrons. The van der Waals surface area contributed by atoms with Crippen LogP contribution in [0.15, 0.2) is 6.20 Å². The number of hydrogen-bond donors (Lipinski definition) is 1. The number of aryl methyl sites for hydroxylation is 1. The highest BCUT2D eigenvalue weighted by molar-refractivity contribution is 5.68. The Labute approximate surface area is 150 Å². The Bertz CT molecular complexity index is 605. The van der Waals surface area contributed by atoms with E-state index in [1.165, 1.54) is 30.5 Å². The number of nitrogens with zero attached hydrogens (tertiary/aromatic N) is 3. The van der Waals surface area contributed by atoms with Gasteiger partial charge in [0.2, 0.25) is 0 Å². The lowest BCUT2D eigenvalue weighted by molar-refractivity contribution is 0.0165. The van der Waals surface area contributed by atoms with Gasteiger partial charge in [0.15, 0.2) is 0 Å². The summed E-state index contributed by atoms with van der Waals surface area (Å²) in [7, 11) is 2.03. The van der Waals surface area contributed by atoms with Crippen molar-refractivity contribution in [2.75, 3.05) is 19.6 Å². The standard InChI is InChI=1S/C19H32N4O2/c1-19(2,3)25-18(24)23-10-6-7-14(13-23)11-20-16-8-5-9-17-15(16)12-21-22(17)4/h12,14,16,20H,5-11,13H2,1-4H3/t14-,16-/m0/s1. The summed E-state index contributed by atoms with van der Waals surface area (Å²) in [5, 5.41) is 8.16. The van der Waals surface area contributed by atoms with Crippen LogP contribution in [0.5, 0.6) is 0 Å². The van der Waals surface area contributed by atoms with Gasteiger partial charge in [-0.15, -0.1) is 0 Å². The number of hydrogen-bond acceptors (Lipinski definition) is 4. The van der Waals surface area contributed by atoms with Gasteiger partial charge in [-0.3, -0.25) is 4.68 Å². The summed E-state index contributed by atoms with van der Waals surface area (Å²) in [5.74, 6) is 0.489. The van der Waals surface area contributed by atoms with Gasteiger partial charge in [0.1, 0.15) is 5.60 Å². The van der Waals surface area contributed by atoms with Gasteiger partial charge < -0.3 is 15.0 Å². The maximum atomic E-state index is 12.3. The average Bonchev–Trinajstić information content (AvgIpc) is 2.94. The minimum Gasteiger partial charge on any atom is -0.444 e. The molecule has 1 aromatic heterocycles. The van der Waals surface area contributed by atoms with Gasteiger partial charge in [0.05, 0.1) is 6.20 Å². The fourth-order valence-corrected chi connectivity index (χ4v) is 3.95. The monoisotopic (exact) mass is 348 g/mol. The first kappa shape index (κ1) is 18.2. The number of aromatic nitrogens is 2. The number of amides is 1. The second-order valence-electron chi connectivity index (χ2n) is 8.46. The van der Waals surface area contributed by atoms with Crippen molar-refractivity contribution >= 4 is 6.09 Å². The van der Waals surface area contributed by atoms with Crippen LogP contribution in [-0.2, 0) is 18.2 Å². The van der Waals surface area contributed by atoms with Crippen molar-refractivity contribution in [3.05, 3.63) is 17.5 Å². The van der Waals surface area contributed by atoms with Crippen LogP contribution in [0, 0.1) is 5.92 Å². The molecule has 0 saturated carbocycles. The number of carbonyl (C=O) groups is 1. The molecule has 1 fully saturated rings. The van der Waals surface area contributed by atoms with Crippen molar-refractivity contribution in [1.82, 2.24) is 20.0 Å². The van der Waals surface area contributed by atoms with Gasteiger partial charge in [-0.25, -0.2) is 4.79 Å². The number of carbonyl (C=O) groups excluding carboxylic acids is 1. The molecule has 6 heteroatoms. The highest BCUT2D eigenvalue weighted by atomic mass is 16.6. The predicted octanol–water partition coefficient (Wildman–Crippen LogP) is 3.03. The van der Waals surface area contributed by atoms with Gasteiger partial charge in [-0.05, 0) is 58.8 Å². The number of rotatable bonds is 3. The molecule has 0 bridgehead atoms. The molecule has 3 rings (SSSR count). The van der Waals surface area contributed by atoms with Crippen molar-refractivity contribution in [3.63, 3.8) is 0 Å². The fourth-order valence-electron chi connectivity index (χ4n) is 3.95. The first-order valence-electron chi connectivity index (χ1n) is 9.55. The molecule has 0 radical (unpaired) electrons. The molecule has 1 N–H and O–H groups in total. The molecule has 1 aliphatic heterocycles. The Balaban J connectivity index is 1.53. The van der Waals surface area contributed by atoms with Crippen LogP contribution in [0.2, 0.25) is 0 Å². The van der Waals surface area contributed by atoms with E-state index >= 15 is 0 Å². The molecule has 25 heavy (non-hydrogen) atoms. The molecule has 0 spiro atoms. The Morgan fingerprint density at radius 1 is 1.36 bits per heavy atom. The molecule has 1 amide bonds. The normalized spacial score (nSPS) is 24.1. The smallest absolute Gasteiger partial charge is 0.410 e. The second-order valence-corrected chi connectivity index (χ2v) is 8.46. The van der Waals surface area contributed by atoms with Crippen LogP contribution in [0.25, 0.3) is 0 Å². The third-order valence-electron chi connectivity index (χ3n) is 5.20. The summed E-state index contributed by atoms with van der Waals surface area (Å²) in [6.45, 7) is 8.29. The summed E-state index contributed by atoms with van der Waals surface area (Å²) in [4.78, 5) is 14.2. The molecule has 1 aromatic rings. The lowest BCUT2D eigenvalue weighted by Crippen LogP contribution is -2.45. The zero-order valence-corrected chi connectivity index (χ0v) is 16.0. The van der Waals surface area contributed by atoms with Crippen LogP contribution in [0.1, 0.15) is 63.8 Å². The van der Waals surface area contributed by atoms with Crippen molar-refractivity contribution in [1.29, 1.82) is 0 Å². The SMILES string of the molecule is Cn1ncc2c1CCC[C@@H]2NC[C@@H]1CCCN(C(=O)OC(C)(C)C)C1. The van der Waals surface area contributed by atoms with Gasteiger partial charge in [-0.1, -0.05) is 0 Å². The Kier molecular flexibility index (Phi) is 5.37. The molecule has 0 aromatic carbocycles. The predicted molar refractivity (Wildman–Crippen MR) is 97.4 cm³/mol. The van der Waals surface area contributed by atoms with E-state index in [-0.39, 0.29) is 6.09 Å². The minimum atomic E-state index is -0.429. The van der Waals surface area contributed by atoms with Crippen LogP contribution < -0.4 is 5.32 Å². The van der Waals surface area contributed by atoms with Crippen LogP contribution in [-0.4, -0.2) is 46.0 Å². The molecular formula is C19H32N4O2. The lowest BCUT2D eigenvalue weighted by atomic mass is 9.91. The van der Waals surface area contributed by atoms with E-state index in [9.17, 15) is 4.79 Å². The summed E-state index contributed by atoms with van der Waals surface area (Å²) < 4.78 is 7.53. The summed E-state index contributed by atoms with van der Waals surface area (Å²) >= 11 is 0. The summed E-state index contributed by atoms with van der Waals surface area (Å²) in [6.07, 6.45) is 7.55. The summed E-state index contributed by atoms with van der Waals surface area (Å²) in [6, 6.07) is 0.398. The number of nitrogens with one attached hydrogen (secondary N) is 1. The van der Waals surface area contributed by atoms with Crippen molar-refractivity contribution in [2.45, 2.75) is 64.5 Å². The number of fused-ring (bicyclic) bond motifs is 1. The van der Waals surface area contributed by atoms with E-state index in [1.807, 2.05) is 43.6 Å². The highest BCUT2D eigenvalue weighted by Gasteiger charge is 2.29. The summed E-state index contributed by atoms with van der Waals surface area (Å²) in [5.41, 5.74) is 2.29. The minimum absolute atomic E-state index is 0.176. The Hall–Kier alpha value is -1.56. The topological polar surface area (TPSA) is 59.4 Å². The maximum absolute atomic E-state index is 12.3.